The highest BCUT2D eigenvalue weighted by Gasteiger charge is 2.12. The number of aromatic hydroxyl groups is 1. The quantitative estimate of drug-likeness (QED) is 0.726. The molecule has 5 heteroatoms. The first-order chi connectivity index (χ1) is 9.60. The number of phenols is 1. The lowest BCUT2D eigenvalue weighted by molar-refractivity contribution is 0.410. The van der Waals surface area contributed by atoms with Crippen molar-refractivity contribution in [1.82, 2.24) is 0 Å². The van der Waals surface area contributed by atoms with Crippen molar-refractivity contribution in [3.63, 3.8) is 0 Å². The fourth-order valence-corrected chi connectivity index (χ4v) is 1.96. The second-order valence-electron chi connectivity index (χ2n) is 4.60. The van der Waals surface area contributed by atoms with Crippen LogP contribution in [0.2, 0.25) is 0 Å². The smallest absolute Gasteiger partial charge is 0.488 e. The lowest BCUT2D eigenvalue weighted by Crippen LogP contribution is -2.29. The molecule has 0 radical (unpaired) electrons. The zero-order valence-electron chi connectivity index (χ0n) is 11.3. The zero-order valence-corrected chi connectivity index (χ0v) is 11.3. The summed E-state index contributed by atoms with van der Waals surface area (Å²) >= 11 is 0. The van der Waals surface area contributed by atoms with Gasteiger partial charge in [0.1, 0.15) is 5.75 Å². The van der Waals surface area contributed by atoms with Crippen LogP contribution < -0.4 is 10.2 Å². The first-order valence-electron chi connectivity index (χ1n) is 6.56. The standard InChI is InChI=1S/C15H17BO4/c1-2-4-11-7-8-15(14(17)9-11)20-13-6-3-5-12(10-13)16(18)19/h3,5-10,17-19H,2,4H2,1H3. The molecule has 0 unspecified atom stereocenters. The Morgan fingerprint density at radius 3 is 2.55 bits per heavy atom. The molecule has 0 bridgehead atoms. The summed E-state index contributed by atoms with van der Waals surface area (Å²) in [7, 11) is -1.54. The molecule has 0 aliphatic heterocycles. The molecule has 0 fully saturated rings. The van der Waals surface area contributed by atoms with Crippen LogP contribution in [0.1, 0.15) is 18.9 Å². The molecule has 0 aliphatic rings. The van der Waals surface area contributed by atoms with Crippen LogP contribution in [0.4, 0.5) is 0 Å². The molecule has 0 aliphatic carbocycles. The van der Waals surface area contributed by atoms with Gasteiger partial charge in [0, 0.05) is 0 Å². The van der Waals surface area contributed by atoms with E-state index in [2.05, 4.69) is 6.92 Å². The van der Waals surface area contributed by atoms with E-state index in [0.717, 1.165) is 18.4 Å². The van der Waals surface area contributed by atoms with Gasteiger partial charge >= 0.3 is 7.12 Å². The molecule has 0 saturated carbocycles. The van der Waals surface area contributed by atoms with Gasteiger partial charge in [-0.15, -0.1) is 0 Å². The SMILES string of the molecule is CCCc1ccc(Oc2cccc(B(O)O)c2)c(O)c1. The predicted octanol–water partition coefficient (Wildman–Crippen LogP) is 1.82. The van der Waals surface area contributed by atoms with E-state index in [9.17, 15) is 5.11 Å². The normalized spacial score (nSPS) is 10.3. The molecule has 0 saturated heterocycles. The molecule has 0 aromatic heterocycles. The summed E-state index contributed by atoms with van der Waals surface area (Å²) in [5.74, 6) is 0.856. The summed E-state index contributed by atoms with van der Waals surface area (Å²) in [6, 6.07) is 11.7. The molecule has 0 heterocycles. The highest BCUT2D eigenvalue weighted by molar-refractivity contribution is 6.58. The lowest BCUT2D eigenvalue weighted by atomic mass is 9.80. The molecular weight excluding hydrogens is 255 g/mol. The Bertz CT molecular complexity index is 584. The average Bonchev–Trinajstić information content (AvgIpc) is 2.42. The average molecular weight is 272 g/mol. The summed E-state index contributed by atoms with van der Waals surface area (Å²) in [5.41, 5.74) is 1.39. The number of hydrogen-bond acceptors (Lipinski definition) is 4. The zero-order chi connectivity index (χ0) is 14.5. The lowest BCUT2D eigenvalue weighted by Gasteiger charge is -2.10. The van der Waals surface area contributed by atoms with Crippen LogP contribution in [-0.2, 0) is 6.42 Å². The van der Waals surface area contributed by atoms with Crippen LogP contribution in [0, 0.1) is 0 Å². The molecule has 3 N–H and O–H groups in total. The van der Waals surface area contributed by atoms with Gasteiger partial charge in [0.15, 0.2) is 11.5 Å². The van der Waals surface area contributed by atoms with E-state index >= 15 is 0 Å². The fourth-order valence-electron chi connectivity index (χ4n) is 1.96. The highest BCUT2D eigenvalue weighted by atomic mass is 16.5. The maximum absolute atomic E-state index is 9.93. The van der Waals surface area contributed by atoms with Gasteiger partial charge in [0.05, 0.1) is 0 Å². The number of aryl methyl sites for hydroxylation is 1. The molecule has 0 amide bonds. The molecule has 2 rings (SSSR count). The Balaban J connectivity index is 2.19. The van der Waals surface area contributed by atoms with Crippen molar-refractivity contribution < 1.29 is 19.9 Å². The van der Waals surface area contributed by atoms with Gasteiger partial charge in [0.25, 0.3) is 0 Å². The van der Waals surface area contributed by atoms with E-state index < -0.39 is 7.12 Å². The van der Waals surface area contributed by atoms with Crippen LogP contribution in [-0.4, -0.2) is 22.3 Å². The molecule has 2 aromatic carbocycles. The maximum atomic E-state index is 9.93. The Morgan fingerprint density at radius 2 is 1.90 bits per heavy atom. The van der Waals surface area contributed by atoms with E-state index in [0.29, 0.717) is 17.0 Å². The molecule has 0 atom stereocenters. The van der Waals surface area contributed by atoms with Gasteiger partial charge in [-0.05, 0) is 41.7 Å². The Morgan fingerprint density at radius 1 is 1.10 bits per heavy atom. The number of hydrogen-bond donors (Lipinski definition) is 3. The van der Waals surface area contributed by atoms with Crippen molar-refractivity contribution >= 4 is 12.6 Å². The Kier molecular flexibility index (Phi) is 4.66. The first kappa shape index (κ1) is 14.4. The van der Waals surface area contributed by atoms with Gasteiger partial charge in [-0.3, -0.25) is 0 Å². The minimum absolute atomic E-state index is 0.0749. The number of benzene rings is 2. The molecule has 4 nitrogen and oxygen atoms in total. The van der Waals surface area contributed by atoms with Crippen molar-refractivity contribution in [1.29, 1.82) is 0 Å². The number of ether oxygens (including phenoxy) is 1. The minimum Gasteiger partial charge on any atom is -0.504 e. The van der Waals surface area contributed by atoms with Gasteiger partial charge in [-0.2, -0.15) is 0 Å². The van der Waals surface area contributed by atoms with E-state index in [1.807, 2.05) is 6.07 Å². The van der Waals surface area contributed by atoms with E-state index in [1.165, 1.54) is 6.07 Å². The molecule has 0 spiro atoms. The van der Waals surface area contributed by atoms with Crippen LogP contribution in [0.25, 0.3) is 0 Å². The van der Waals surface area contributed by atoms with Gasteiger partial charge in [-0.25, -0.2) is 0 Å². The predicted molar refractivity (Wildman–Crippen MR) is 78.4 cm³/mol. The van der Waals surface area contributed by atoms with Crippen LogP contribution in [0.5, 0.6) is 17.2 Å². The Labute approximate surface area is 118 Å². The van der Waals surface area contributed by atoms with Crippen LogP contribution in [0.3, 0.4) is 0 Å². The second kappa shape index (κ2) is 6.46. The maximum Gasteiger partial charge on any atom is 0.488 e. The van der Waals surface area contributed by atoms with Crippen LogP contribution >= 0.6 is 0 Å². The van der Waals surface area contributed by atoms with Crippen LogP contribution in [0.15, 0.2) is 42.5 Å². The van der Waals surface area contributed by atoms with Crippen molar-refractivity contribution in [2.75, 3.05) is 0 Å². The third-order valence-corrected chi connectivity index (χ3v) is 2.95. The molecular formula is C15H17BO4. The van der Waals surface area contributed by atoms with Gasteiger partial charge in [-0.1, -0.05) is 31.5 Å². The third kappa shape index (κ3) is 3.53. The largest absolute Gasteiger partial charge is 0.504 e. The van der Waals surface area contributed by atoms with Crippen molar-refractivity contribution in [3.8, 4) is 17.2 Å². The second-order valence-corrected chi connectivity index (χ2v) is 4.60. The van der Waals surface area contributed by atoms with Gasteiger partial charge < -0.3 is 19.9 Å². The number of rotatable bonds is 5. The highest BCUT2D eigenvalue weighted by Crippen LogP contribution is 2.31. The number of phenolic OH excluding ortho intramolecular Hbond substituents is 1. The summed E-state index contributed by atoms with van der Waals surface area (Å²) in [5, 5.41) is 28.2. The third-order valence-electron chi connectivity index (χ3n) is 2.95. The summed E-state index contributed by atoms with van der Waals surface area (Å²) in [4.78, 5) is 0. The Hall–Kier alpha value is -1.98. The molecule has 20 heavy (non-hydrogen) atoms. The first-order valence-corrected chi connectivity index (χ1v) is 6.56. The van der Waals surface area contributed by atoms with E-state index in [1.54, 1.807) is 30.3 Å². The summed E-state index contributed by atoms with van der Waals surface area (Å²) in [6.45, 7) is 2.08. The van der Waals surface area contributed by atoms with E-state index in [-0.39, 0.29) is 5.75 Å². The molecule has 2 aromatic rings. The van der Waals surface area contributed by atoms with E-state index in [4.69, 9.17) is 14.8 Å². The van der Waals surface area contributed by atoms with Gasteiger partial charge in [0.2, 0.25) is 0 Å². The monoisotopic (exact) mass is 272 g/mol. The van der Waals surface area contributed by atoms with Crippen molar-refractivity contribution in [2.45, 2.75) is 19.8 Å². The fraction of sp³-hybridized carbons (Fsp3) is 0.200. The van der Waals surface area contributed by atoms with Crippen molar-refractivity contribution in [2.24, 2.45) is 0 Å². The topological polar surface area (TPSA) is 69.9 Å². The minimum atomic E-state index is -1.54. The summed E-state index contributed by atoms with van der Waals surface area (Å²) < 4.78 is 5.56. The molecule has 104 valence electrons. The summed E-state index contributed by atoms with van der Waals surface area (Å²) in [6.07, 6.45) is 1.91. The van der Waals surface area contributed by atoms with Crippen molar-refractivity contribution in [3.05, 3.63) is 48.0 Å².